The van der Waals surface area contributed by atoms with Crippen LogP contribution >= 0.6 is 0 Å². The summed E-state index contributed by atoms with van der Waals surface area (Å²) in [4.78, 5) is 21.2. The van der Waals surface area contributed by atoms with Crippen molar-refractivity contribution < 1.29 is 9.53 Å². The summed E-state index contributed by atoms with van der Waals surface area (Å²) < 4.78 is 7.80. The molecular formula is C22H20N4O2. The third-order valence-electron chi connectivity index (χ3n) is 4.47. The summed E-state index contributed by atoms with van der Waals surface area (Å²) in [5.74, 6) is 1.04. The van der Waals surface area contributed by atoms with E-state index in [1.807, 2.05) is 54.9 Å². The van der Waals surface area contributed by atoms with Gasteiger partial charge in [-0.05, 0) is 61.4 Å². The van der Waals surface area contributed by atoms with Gasteiger partial charge in [0.1, 0.15) is 23.8 Å². The molecule has 0 unspecified atom stereocenters. The fourth-order valence-corrected chi connectivity index (χ4v) is 2.93. The van der Waals surface area contributed by atoms with E-state index in [9.17, 15) is 4.79 Å². The predicted molar refractivity (Wildman–Crippen MR) is 108 cm³/mol. The third-order valence-corrected chi connectivity index (χ3v) is 4.47. The number of carbonyl (C=O) groups is 1. The number of hydrogen-bond donors (Lipinski definition) is 1. The van der Waals surface area contributed by atoms with Crippen molar-refractivity contribution >= 4 is 17.4 Å². The number of ether oxygens (including phenoxy) is 1. The Morgan fingerprint density at radius 1 is 1.07 bits per heavy atom. The minimum Gasteiger partial charge on any atom is -0.487 e. The monoisotopic (exact) mass is 372 g/mol. The molecule has 0 aliphatic carbocycles. The fourth-order valence-electron chi connectivity index (χ4n) is 2.93. The number of benzene rings is 1. The lowest BCUT2D eigenvalue weighted by atomic mass is 10.2. The van der Waals surface area contributed by atoms with Crippen LogP contribution < -0.4 is 10.1 Å². The van der Waals surface area contributed by atoms with Gasteiger partial charge in [0.05, 0.1) is 5.69 Å². The second-order valence-electron chi connectivity index (χ2n) is 6.59. The largest absolute Gasteiger partial charge is 0.487 e. The molecule has 4 rings (SSSR count). The smallest absolute Gasteiger partial charge is 0.256 e. The highest BCUT2D eigenvalue weighted by atomic mass is 16.5. The van der Waals surface area contributed by atoms with Gasteiger partial charge in [-0.1, -0.05) is 12.1 Å². The first kappa shape index (κ1) is 17.7. The van der Waals surface area contributed by atoms with Crippen molar-refractivity contribution in [3.63, 3.8) is 0 Å². The van der Waals surface area contributed by atoms with Crippen LogP contribution in [0.5, 0.6) is 5.75 Å². The Morgan fingerprint density at radius 3 is 2.61 bits per heavy atom. The van der Waals surface area contributed by atoms with E-state index in [2.05, 4.69) is 15.3 Å². The average Bonchev–Trinajstić information content (AvgIpc) is 3.13. The van der Waals surface area contributed by atoms with Crippen LogP contribution in [-0.4, -0.2) is 20.3 Å². The van der Waals surface area contributed by atoms with Crippen molar-refractivity contribution in [1.82, 2.24) is 14.4 Å². The zero-order chi connectivity index (χ0) is 19.5. The Balaban J connectivity index is 1.40. The average molecular weight is 372 g/mol. The number of rotatable bonds is 5. The van der Waals surface area contributed by atoms with E-state index in [1.54, 1.807) is 30.5 Å². The van der Waals surface area contributed by atoms with Gasteiger partial charge in [-0.3, -0.25) is 4.79 Å². The number of fused-ring (bicyclic) bond motifs is 1. The van der Waals surface area contributed by atoms with E-state index in [0.29, 0.717) is 23.7 Å². The van der Waals surface area contributed by atoms with Crippen molar-refractivity contribution in [2.75, 3.05) is 5.32 Å². The lowest BCUT2D eigenvalue weighted by Gasteiger charge is -2.08. The van der Waals surface area contributed by atoms with Crippen LogP contribution in [0.2, 0.25) is 0 Å². The van der Waals surface area contributed by atoms with Crippen LogP contribution in [-0.2, 0) is 6.61 Å². The van der Waals surface area contributed by atoms with Crippen LogP contribution in [0.4, 0.5) is 5.82 Å². The number of aryl methyl sites for hydroxylation is 2. The fraction of sp³-hybridized carbons (Fsp3) is 0.136. The third kappa shape index (κ3) is 3.71. The molecule has 0 bridgehead atoms. The number of pyridine rings is 2. The summed E-state index contributed by atoms with van der Waals surface area (Å²) in [7, 11) is 0. The van der Waals surface area contributed by atoms with Crippen LogP contribution in [0.1, 0.15) is 27.2 Å². The lowest BCUT2D eigenvalue weighted by molar-refractivity contribution is 0.102. The Hall–Kier alpha value is -3.67. The molecule has 3 aromatic heterocycles. The summed E-state index contributed by atoms with van der Waals surface area (Å²) >= 11 is 0. The molecule has 0 saturated heterocycles. The van der Waals surface area contributed by atoms with Gasteiger partial charge in [0.25, 0.3) is 5.91 Å². The second-order valence-corrected chi connectivity index (χ2v) is 6.59. The van der Waals surface area contributed by atoms with E-state index >= 15 is 0 Å². The molecule has 0 saturated carbocycles. The van der Waals surface area contributed by atoms with E-state index in [4.69, 9.17) is 4.74 Å². The number of anilines is 1. The molecule has 1 N–H and O–H groups in total. The molecule has 1 aromatic carbocycles. The Morgan fingerprint density at radius 2 is 1.86 bits per heavy atom. The van der Waals surface area contributed by atoms with Crippen LogP contribution in [0.25, 0.3) is 5.65 Å². The molecule has 4 aromatic rings. The maximum atomic E-state index is 12.4. The molecule has 0 atom stereocenters. The standard InChI is InChI=1S/C22H20N4O2/c1-15-5-3-11-23-20(15)25-22(27)17-7-9-19(10-8-17)28-14-18-13-26-12-4-6-16(2)21(26)24-18/h3-13H,14H2,1-2H3,(H,23,25,27). The van der Waals surface area contributed by atoms with Gasteiger partial charge in [0.2, 0.25) is 0 Å². The lowest BCUT2D eigenvalue weighted by Crippen LogP contribution is -2.13. The molecule has 0 aliphatic heterocycles. The topological polar surface area (TPSA) is 68.5 Å². The minimum absolute atomic E-state index is 0.204. The number of hydrogen-bond acceptors (Lipinski definition) is 4. The zero-order valence-electron chi connectivity index (χ0n) is 15.7. The number of carbonyl (C=O) groups excluding carboxylic acids is 1. The Bertz CT molecular complexity index is 1130. The molecule has 0 spiro atoms. The van der Waals surface area contributed by atoms with Crippen LogP contribution in [0.3, 0.4) is 0 Å². The first-order valence-corrected chi connectivity index (χ1v) is 8.99. The number of nitrogens with one attached hydrogen (secondary N) is 1. The van der Waals surface area contributed by atoms with Crippen molar-refractivity contribution in [3.8, 4) is 5.75 Å². The second kappa shape index (κ2) is 7.52. The maximum Gasteiger partial charge on any atom is 0.256 e. The molecule has 28 heavy (non-hydrogen) atoms. The molecule has 6 nitrogen and oxygen atoms in total. The van der Waals surface area contributed by atoms with Gasteiger partial charge in [0.15, 0.2) is 0 Å². The van der Waals surface area contributed by atoms with Crippen LogP contribution in [0.15, 0.2) is 67.1 Å². The molecule has 0 fully saturated rings. The summed E-state index contributed by atoms with van der Waals surface area (Å²) in [6, 6.07) is 14.8. The van der Waals surface area contributed by atoms with Crippen LogP contribution in [0, 0.1) is 13.8 Å². The van der Waals surface area contributed by atoms with Gasteiger partial charge in [-0.15, -0.1) is 0 Å². The summed E-state index contributed by atoms with van der Waals surface area (Å²) in [6.45, 7) is 4.30. The number of aromatic nitrogens is 3. The highest BCUT2D eigenvalue weighted by Crippen LogP contribution is 2.17. The predicted octanol–water partition coefficient (Wildman–Crippen LogP) is 4.18. The molecular weight excluding hydrogens is 352 g/mol. The molecule has 140 valence electrons. The number of nitrogens with zero attached hydrogens (tertiary/aromatic N) is 3. The summed E-state index contributed by atoms with van der Waals surface area (Å²) in [5, 5.41) is 2.82. The highest BCUT2D eigenvalue weighted by molar-refractivity contribution is 6.04. The quantitative estimate of drug-likeness (QED) is 0.571. The summed E-state index contributed by atoms with van der Waals surface area (Å²) in [5.41, 5.74) is 4.35. The Labute approximate surface area is 162 Å². The van der Waals surface area contributed by atoms with Crippen molar-refractivity contribution in [3.05, 3.63) is 89.5 Å². The highest BCUT2D eigenvalue weighted by Gasteiger charge is 2.09. The molecule has 0 radical (unpaired) electrons. The van der Waals surface area contributed by atoms with Gasteiger partial charge < -0.3 is 14.5 Å². The van der Waals surface area contributed by atoms with Crippen molar-refractivity contribution in [1.29, 1.82) is 0 Å². The molecule has 3 heterocycles. The van der Waals surface area contributed by atoms with Gasteiger partial charge in [0, 0.05) is 24.2 Å². The molecule has 6 heteroatoms. The van der Waals surface area contributed by atoms with E-state index < -0.39 is 0 Å². The zero-order valence-corrected chi connectivity index (χ0v) is 15.7. The number of amides is 1. The summed E-state index contributed by atoms with van der Waals surface area (Å²) in [6.07, 6.45) is 5.58. The van der Waals surface area contributed by atoms with Crippen molar-refractivity contribution in [2.45, 2.75) is 20.5 Å². The number of imidazole rings is 1. The Kier molecular flexibility index (Phi) is 4.76. The van der Waals surface area contributed by atoms with Gasteiger partial charge >= 0.3 is 0 Å². The van der Waals surface area contributed by atoms with E-state index in [-0.39, 0.29) is 5.91 Å². The maximum absolute atomic E-state index is 12.4. The van der Waals surface area contributed by atoms with E-state index in [1.165, 1.54) is 0 Å². The van der Waals surface area contributed by atoms with Gasteiger partial charge in [-0.25, -0.2) is 9.97 Å². The first-order valence-electron chi connectivity index (χ1n) is 8.99. The SMILES string of the molecule is Cc1cccnc1NC(=O)c1ccc(OCc2cn3cccc(C)c3n2)cc1. The van der Waals surface area contributed by atoms with Crippen molar-refractivity contribution in [2.24, 2.45) is 0 Å². The minimum atomic E-state index is -0.204. The first-order chi connectivity index (χ1) is 13.6. The van der Waals surface area contributed by atoms with E-state index in [0.717, 1.165) is 22.5 Å². The normalized spacial score (nSPS) is 10.8. The molecule has 1 amide bonds. The van der Waals surface area contributed by atoms with Gasteiger partial charge in [-0.2, -0.15) is 0 Å². The molecule has 0 aliphatic rings.